The molecule has 0 amide bonds. The second-order valence-corrected chi connectivity index (χ2v) is 6.99. The Bertz CT molecular complexity index is 862. The maximum absolute atomic E-state index is 11.2. The Hall–Kier alpha value is -1.97. The third-order valence-electron chi connectivity index (χ3n) is 4.92. The molecule has 0 unspecified atom stereocenters. The van der Waals surface area contributed by atoms with Crippen molar-refractivity contribution in [2.24, 2.45) is 5.92 Å². The first-order valence-corrected chi connectivity index (χ1v) is 8.54. The number of aromatic carboxylic acids is 1. The molecule has 2 aromatic rings. The third-order valence-corrected chi connectivity index (χ3v) is 5.75. The van der Waals surface area contributed by atoms with E-state index in [1.807, 2.05) is 12.1 Å². The van der Waals surface area contributed by atoms with E-state index in [0.717, 1.165) is 23.2 Å². The Labute approximate surface area is 149 Å². The van der Waals surface area contributed by atoms with Crippen LogP contribution in [0.2, 0.25) is 10.0 Å². The summed E-state index contributed by atoms with van der Waals surface area (Å²) in [5, 5.41) is 15.8. The van der Waals surface area contributed by atoms with E-state index in [2.05, 4.69) is 17.5 Å². The predicted octanol–water partition coefficient (Wildman–Crippen LogP) is 4.18. The van der Waals surface area contributed by atoms with Gasteiger partial charge >= 0.3 is 0 Å². The average Bonchev–Trinajstić information content (AvgIpc) is 3.06. The van der Waals surface area contributed by atoms with Crippen molar-refractivity contribution in [2.75, 3.05) is 5.32 Å². The van der Waals surface area contributed by atoms with Crippen LogP contribution in [0.25, 0.3) is 0 Å². The van der Waals surface area contributed by atoms with Crippen molar-refractivity contribution in [1.82, 2.24) is 0 Å². The van der Waals surface area contributed by atoms with Crippen molar-refractivity contribution in [2.45, 2.75) is 18.4 Å². The van der Waals surface area contributed by atoms with Crippen molar-refractivity contribution >= 4 is 34.9 Å². The lowest BCUT2D eigenvalue weighted by Gasteiger charge is -2.38. The smallest absolute Gasteiger partial charge is 0.0715 e. The Balaban J connectivity index is 1.81. The lowest BCUT2D eigenvalue weighted by Crippen LogP contribution is -2.30. The summed E-state index contributed by atoms with van der Waals surface area (Å²) in [7, 11) is 0. The van der Waals surface area contributed by atoms with E-state index >= 15 is 0 Å². The second kappa shape index (κ2) is 5.83. The molecule has 4 rings (SSSR count). The first kappa shape index (κ1) is 15.6. The molecule has 1 N–H and O–H groups in total. The largest absolute Gasteiger partial charge is 0.545 e. The summed E-state index contributed by atoms with van der Waals surface area (Å²) in [6.07, 6.45) is 5.19. The van der Waals surface area contributed by atoms with Crippen LogP contribution in [-0.4, -0.2) is 5.97 Å². The molecule has 0 spiro atoms. The summed E-state index contributed by atoms with van der Waals surface area (Å²) >= 11 is 12.6. The number of carboxylic acid groups (broad SMARTS) is 1. The van der Waals surface area contributed by atoms with E-state index in [0.29, 0.717) is 10.0 Å². The van der Waals surface area contributed by atoms with Crippen LogP contribution >= 0.6 is 23.2 Å². The number of carbonyl (C=O) groups excluding carboxylic acids is 1. The standard InChI is InChI=1S/C19H15Cl2NO2/c20-15-6-2-5-13(17(15)21)18-12-4-1-3-11(12)14-9-10(19(23)24)7-8-16(14)22-18/h1-3,5-9,11-12,18,22H,4H2,(H,23,24)/p-1/t11-,12+,18-/m0/s1. The number of benzene rings is 2. The Morgan fingerprint density at radius 2 is 2.00 bits per heavy atom. The molecule has 0 fully saturated rings. The summed E-state index contributed by atoms with van der Waals surface area (Å²) in [4.78, 5) is 11.2. The zero-order valence-corrected chi connectivity index (χ0v) is 14.1. The van der Waals surface area contributed by atoms with Gasteiger partial charge in [0.25, 0.3) is 0 Å². The van der Waals surface area contributed by atoms with Crippen molar-refractivity contribution in [1.29, 1.82) is 0 Å². The first-order chi connectivity index (χ1) is 11.6. The van der Waals surface area contributed by atoms with Gasteiger partial charge in [0.15, 0.2) is 0 Å². The fourth-order valence-electron chi connectivity index (χ4n) is 3.79. The molecular weight excluding hydrogens is 345 g/mol. The highest BCUT2D eigenvalue weighted by Crippen LogP contribution is 2.51. The van der Waals surface area contributed by atoms with E-state index in [1.165, 1.54) is 0 Å². The second-order valence-electron chi connectivity index (χ2n) is 6.21. The molecular formula is C19H14Cl2NO2-. The third kappa shape index (κ3) is 2.40. The average molecular weight is 359 g/mol. The molecule has 1 aliphatic carbocycles. The van der Waals surface area contributed by atoms with Crippen LogP contribution in [0.1, 0.15) is 39.9 Å². The zero-order valence-electron chi connectivity index (χ0n) is 12.6. The molecule has 2 aromatic carbocycles. The number of carboxylic acids is 1. The minimum absolute atomic E-state index is 0.0255. The fraction of sp³-hybridized carbons (Fsp3) is 0.211. The van der Waals surface area contributed by atoms with Crippen LogP contribution in [-0.2, 0) is 0 Å². The molecule has 0 saturated carbocycles. The van der Waals surface area contributed by atoms with Crippen LogP contribution < -0.4 is 10.4 Å². The van der Waals surface area contributed by atoms with Gasteiger partial charge in [0.05, 0.1) is 22.1 Å². The lowest BCUT2D eigenvalue weighted by atomic mass is 9.76. The molecule has 24 heavy (non-hydrogen) atoms. The van der Waals surface area contributed by atoms with Gasteiger partial charge in [0, 0.05) is 11.6 Å². The summed E-state index contributed by atoms with van der Waals surface area (Å²) in [6, 6.07) is 10.8. The van der Waals surface area contributed by atoms with Gasteiger partial charge in [-0.15, -0.1) is 0 Å². The Morgan fingerprint density at radius 3 is 2.79 bits per heavy atom. The summed E-state index contributed by atoms with van der Waals surface area (Å²) in [6.45, 7) is 0. The van der Waals surface area contributed by atoms with Crippen LogP contribution in [0.4, 0.5) is 5.69 Å². The number of nitrogens with one attached hydrogen (secondary N) is 1. The number of hydrogen-bond acceptors (Lipinski definition) is 3. The van der Waals surface area contributed by atoms with Crippen LogP contribution in [0.3, 0.4) is 0 Å². The molecule has 3 nitrogen and oxygen atoms in total. The highest BCUT2D eigenvalue weighted by Gasteiger charge is 2.38. The van der Waals surface area contributed by atoms with E-state index in [-0.39, 0.29) is 23.4 Å². The highest BCUT2D eigenvalue weighted by molar-refractivity contribution is 6.42. The van der Waals surface area contributed by atoms with Gasteiger partial charge in [0.2, 0.25) is 0 Å². The number of anilines is 1. The molecule has 5 heteroatoms. The SMILES string of the molecule is O=C([O-])c1ccc2c(c1)[C@H]1C=CC[C@H]1[C@@H](c1cccc(Cl)c1Cl)N2. The van der Waals surface area contributed by atoms with Gasteiger partial charge in [-0.05, 0) is 47.2 Å². The van der Waals surface area contributed by atoms with E-state index < -0.39 is 5.97 Å². The Morgan fingerprint density at radius 1 is 1.17 bits per heavy atom. The monoisotopic (exact) mass is 358 g/mol. The molecule has 0 saturated heterocycles. The highest BCUT2D eigenvalue weighted by atomic mass is 35.5. The maximum Gasteiger partial charge on any atom is 0.0715 e. The van der Waals surface area contributed by atoms with E-state index in [1.54, 1.807) is 24.3 Å². The molecule has 122 valence electrons. The maximum atomic E-state index is 11.2. The number of carbonyl (C=O) groups is 1. The van der Waals surface area contributed by atoms with Gasteiger partial charge in [-0.1, -0.05) is 53.6 Å². The minimum atomic E-state index is -1.16. The number of allylic oxidation sites excluding steroid dienone is 2. The van der Waals surface area contributed by atoms with Crippen LogP contribution in [0.5, 0.6) is 0 Å². The number of hydrogen-bond donors (Lipinski definition) is 1. The van der Waals surface area contributed by atoms with Crippen molar-refractivity contribution < 1.29 is 9.90 Å². The summed E-state index contributed by atoms with van der Waals surface area (Å²) in [5.41, 5.74) is 3.09. The number of rotatable bonds is 2. The molecule has 1 aliphatic heterocycles. The molecule has 1 heterocycles. The van der Waals surface area contributed by atoms with Crippen molar-refractivity contribution in [3.8, 4) is 0 Å². The van der Waals surface area contributed by atoms with Crippen molar-refractivity contribution in [3.05, 3.63) is 75.3 Å². The minimum Gasteiger partial charge on any atom is -0.545 e. The van der Waals surface area contributed by atoms with Crippen molar-refractivity contribution in [3.63, 3.8) is 0 Å². The summed E-state index contributed by atoms with van der Waals surface area (Å²) < 4.78 is 0. The number of fused-ring (bicyclic) bond motifs is 3. The quantitative estimate of drug-likeness (QED) is 0.819. The normalized spacial score (nSPS) is 24.2. The lowest BCUT2D eigenvalue weighted by molar-refractivity contribution is -0.255. The summed E-state index contributed by atoms with van der Waals surface area (Å²) in [5.74, 6) is -0.734. The van der Waals surface area contributed by atoms with Gasteiger partial charge in [-0.3, -0.25) is 0 Å². The molecule has 2 aliphatic rings. The van der Waals surface area contributed by atoms with Crippen LogP contribution in [0.15, 0.2) is 48.6 Å². The Kier molecular flexibility index (Phi) is 3.78. The molecule has 0 aromatic heterocycles. The van der Waals surface area contributed by atoms with E-state index in [9.17, 15) is 9.90 Å². The predicted molar refractivity (Wildman–Crippen MR) is 93.6 cm³/mol. The number of halogens is 2. The first-order valence-electron chi connectivity index (χ1n) is 7.78. The topological polar surface area (TPSA) is 52.2 Å². The molecule has 0 bridgehead atoms. The van der Waals surface area contributed by atoms with Crippen LogP contribution in [0, 0.1) is 5.92 Å². The molecule has 3 atom stereocenters. The van der Waals surface area contributed by atoms with Gasteiger partial charge in [0.1, 0.15) is 0 Å². The van der Waals surface area contributed by atoms with E-state index in [4.69, 9.17) is 23.2 Å². The fourth-order valence-corrected chi connectivity index (χ4v) is 4.22. The molecule has 0 radical (unpaired) electrons. The van der Waals surface area contributed by atoms with Gasteiger partial charge in [-0.2, -0.15) is 0 Å². The van der Waals surface area contributed by atoms with Gasteiger partial charge in [-0.25, -0.2) is 0 Å². The zero-order chi connectivity index (χ0) is 16.8. The van der Waals surface area contributed by atoms with Gasteiger partial charge < -0.3 is 15.2 Å².